The molecule has 3 aromatic carbocycles. The van der Waals surface area contributed by atoms with E-state index < -0.39 is 10.9 Å². The van der Waals surface area contributed by atoms with E-state index in [9.17, 15) is 19.7 Å². The minimum Gasteiger partial charge on any atom is -0.493 e. The zero-order chi connectivity index (χ0) is 26.5. The second-order valence-electron chi connectivity index (χ2n) is 7.81. The summed E-state index contributed by atoms with van der Waals surface area (Å²) in [7, 11) is 2.97. The highest BCUT2D eigenvalue weighted by Gasteiger charge is 2.31. The maximum Gasteiger partial charge on any atom is 0.335 e. The third-order valence-corrected chi connectivity index (χ3v) is 6.44. The van der Waals surface area contributed by atoms with E-state index in [2.05, 4.69) is 4.99 Å². The van der Waals surface area contributed by atoms with Crippen LogP contribution in [-0.4, -0.2) is 46.1 Å². The van der Waals surface area contributed by atoms with Gasteiger partial charge < -0.3 is 14.6 Å². The van der Waals surface area contributed by atoms with E-state index in [1.165, 1.54) is 61.5 Å². The number of likely N-dealkylation sites (N-methyl/N-ethyl adjacent to an activating group) is 1. The molecule has 11 heteroatoms. The normalized spacial score (nSPS) is 15.3. The number of aromatic carboxylic acids is 1. The van der Waals surface area contributed by atoms with Gasteiger partial charge in [0.2, 0.25) is 0 Å². The zero-order valence-corrected chi connectivity index (χ0v) is 20.6. The largest absolute Gasteiger partial charge is 0.493 e. The zero-order valence-electron chi connectivity index (χ0n) is 19.8. The summed E-state index contributed by atoms with van der Waals surface area (Å²) in [5.41, 5.74) is 1.39. The molecule has 0 aromatic heterocycles. The Morgan fingerprint density at radius 1 is 1.14 bits per heavy atom. The van der Waals surface area contributed by atoms with Crippen LogP contribution in [0.5, 0.6) is 11.5 Å². The number of amides is 1. The fourth-order valence-corrected chi connectivity index (χ4v) is 4.41. The van der Waals surface area contributed by atoms with Crippen molar-refractivity contribution in [2.45, 2.75) is 6.61 Å². The lowest BCUT2D eigenvalue weighted by Crippen LogP contribution is -2.23. The maximum absolute atomic E-state index is 12.9. The Balaban J connectivity index is 1.63. The van der Waals surface area contributed by atoms with E-state index in [4.69, 9.17) is 14.6 Å². The summed E-state index contributed by atoms with van der Waals surface area (Å²) in [6.07, 6.45) is 1.42. The number of amidine groups is 1. The Labute approximate surface area is 216 Å². The van der Waals surface area contributed by atoms with Gasteiger partial charge in [0.15, 0.2) is 16.7 Å². The summed E-state index contributed by atoms with van der Waals surface area (Å²) in [6.45, 7) is 0.196. The molecule has 188 valence electrons. The first-order valence-electron chi connectivity index (χ1n) is 10.9. The van der Waals surface area contributed by atoms with Gasteiger partial charge in [0, 0.05) is 7.05 Å². The Morgan fingerprint density at radius 2 is 1.84 bits per heavy atom. The van der Waals surface area contributed by atoms with E-state index in [0.29, 0.717) is 10.9 Å². The van der Waals surface area contributed by atoms with Crippen LogP contribution in [0.1, 0.15) is 21.5 Å². The Hall–Kier alpha value is -4.64. The molecule has 0 bridgehead atoms. The van der Waals surface area contributed by atoms with Gasteiger partial charge in [-0.1, -0.05) is 30.3 Å². The quantitative estimate of drug-likeness (QED) is 0.247. The molecular weight excluding hydrogens is 498 g/mol. The minimum absolute atomic E-state index is 0.116. The van der Waals surface area contributed by atoms with Gasteiger partial charge in [-0.15, -0.1) is 0 Å². The number of carbonyl (C=O) groups is 2. The Kier molecular flexibility index (Phi) is 7.54. The average Bonchev–Trinajstić information content (AvgIpc) is 3.15. The molecule has 1 fully saturated rings. The molecule has 1 aliphatic heterocycles. The van der Waals surface area contributed by atoms with E-state index in [0.717, 1.165) is 17.3 Å². The molecule has 1 amide bonds. The van der Waals surface area contributed by atoms with Crippen LogP contribution >= 0.6 is 11.8 Å². The van der Waals surface area contributed by atoms with E-state index in [1.807, 2.05) is 30.3 Å². The van der Waals surface area contributed by atoms with Crippen molar-refractivity contribution in [1.82, 2.24) is 4.90 Å². The van der Waals surface area contributed by atoms with Crippen molar-refractivity contribution >= 4 is 46.3 Å². The number of benzene rings is 3. The van der Waals surface area contributed by atoms with Gasteiger partial charge in [0.1, 0.15) is 6.61 Å². The fraction of sp³-hybridized carbons (Fsp3) is 0.115. The molecule has 1 saturated heterocycles. The third-order valence-electron chi connectivity index (χ3n) is 5.38. The SMILES string of the molecule is COc1cc(/C=C2/SC(=Nc3ccc(C(=O)O)cc3)N(C)C2=O)c([N+](=O)[O-])cc1OCc1ccccc1. The van der Waals surface area contributed by atoms with Crippen molar-refractivity contribution in [3.05, 3.63) is 98.4 Å². The molecule has 1 heterocycles. The predicted molar refractivity (Wildman–Crippen MR) is 139 cm³/mol. The molecular formula is C26H21N3O7S. The number of ether oxygens (including phenoxy) is 2. The van der Waals surface area contributed by atoms with Gasteiger partial charge >= 0.3 is 5.97 Å². The molecule has 0 radical (unpaired) electrons. The van der Waals surface area contributed by atoms with Crippen LogP contribution in [0.25, 0.3) is 6.08 Å². The molecule has 0 atom stereocenters. The molecule has 0 spiro atoms. The number of aliphatic imine (C=N–C) groups is 1. The number of nitro benzene ring substituents is 1. The van der Waals surface area contributed by atoms with Gasteiger partial charge in [0.25, 0.3) is 11.6 Å². The summed E-state index contributed by atoms with van der Waals surface area (Å²) < 4.78 is 11.2. The van der Waals surface area contributed by atoms with Crippen LogP contribution in [0.15, 0.2) is 76.6 Å². The van der Waals surface area contributed by atoms with Crippen LogP contribution in [0.3, 0.4) is 0 Å². The van der Waals surface area contributed by atoms with Crippen LogP contribution < -0.4 is 9.47 Å². The predicted octanol–water partition coefficient (Wildman–Crippen LogP) is 5.11. The number of carboxylic acid groups (broad SMARTS) is 1. The first-order chi connectivity index (χ1) is 17.8. The summed E-state index contributed by atoms with van der Waals surface area (Å²) >= 11 is 1.05. The summed E-state index contributed by atoms with van der Waals surface area (Å²) in [5.74, 6) is -0.955. The number of rotatable bonds is 8. The standard InChI is InChI=1S/C26H21N3O7S/c1-28-24(30)23(37-26(28)27-19-10-8-17(9-11-19)25(31)32)13-18-12-21(35-2)22(14-20(18)29(33)34)36-15-16-6-4-3-5-7-16/h3-14H,15H2,1-2H3,(H,31,32)/b23-13+,27-26?. The van der Waals surface area contributed by atoms with E-state index in [-0.39, 0.29) is 45.7 Å². The summed E-state index contributed by atoms with van der Waals surface area (Å²) in [6, 6.07) is 18.0. The molecule has 4 rings (SSSR count). The Bertz CT molecular complexity index is 1420. The number of thioether (sulfide) groups is 1. The van der Waals surface area contributed by atoms with Crippen molar-refractivity contribution in [2.75, 3.05) is 14.2 Å². The number of carbonyl (C=O) groups excluding carboxylic acids is 1. The van der Waals surface area contributed by atoms with Crippen molar-refractivity contribution < 1.29 is 29.1 Å². The van der Waals surface area contributed by atoms with Crippen molar-refractivity contribution in [3.63, 3.8) is 0 Å². The smallest absolute Gasteiger partial charge is 0.335 e. The monoisotopic (exact) mass is 519 g/mol. The lowest BCUT2D eigenvalue weighted by Gasteiger charge is -2.12. The van der Waals surface area contributed by atoms with Crippen molar-refractivity contribution in [1.29, 1.82) is 0 Å². The van der Waals surface area contributed by atoms with Gasteiger partial charge in [-0.25, -0.2) is 9.79 Å². The molecule has 0 aliphatic carbocycles. The van der Waals surface area contributed by atoms with Gasteiger partial charge in [-0.3, -0.25) is 19.8 Å². The summed E-state index contributed by atoms with van der Waals surface area (Å²) in [4.78, 5) is 41.2. The number of hydrogen-bond acceptors (Lipinski definition) is 8. The second-order valence-corrected chi connectivity index (χ2v) is 8.82. The lowest BCUT2D eigenvalue weighted by atomic mass is 10.1. The molecule has 1 N–H and O–H groups in total. The van der Waals surface area contributed by atoms with Crippen molar-refractivity contribution in [2.24, 2.45) is 4.99 Å². The third kappa shape index (κ3) is 5.78. The van der Waals surface area contributed by atoms with E-state index >= 15 is 0 Å². The first-order valence-corrected chi connectivity index (χ1v) is 11.7. The highest BCUT2D eigenvalue weighted by molar-refractivity contribution is 8.18. The summed E-state index contributed by atoms with van der Waals surface area (Å²) in [5, 5.41) is 21.2. The van der Waals surface area contributed by atoms with Gasteiger partial charge in [0.05, 0.1) is 39.8 Å². The van der Waals surface area contributed by atoms with Gasteiger partial charge in [-0.2, -0.15) is 0 Å². The molecule has 0 unspecified atom stereocenters. The highest BCUT2D eigenvalue weighted by atomic mass is 32.2. The number of carboxylic acids is 1. The number of hydrogen-bond donors (Lipinski definition) is 1. The Morgan fingerprint density at radius 3 is 2.46 bits per heavy atom. The molecule has 1 aliphatic rings. The number of methoxy groups -OCH3 is 1. The highest BCUT2D eigenvalue weighted by Crippen LogP contribution is 2.39. The topological polar surface area (TPSA) is 132 Å². The lowest BCUT2D eigenvalue weighted by molar-refractivity contribution is -0.385. The van der Waals surface area contributed by atoms with Gasteiger partial charge in [-0.05, 0) is 53.7 Å². The molecule has 37 heavy (non-hydrogen) atoms. The molecule has 3 aromatic rings. The number of nitro groups is 1. The molecule has 10 nitrogen and oxygen atoms in total. The van der Waals surface area contributed by atoms with Crippen LogP contribution in [0.4, 0.5) is 11.4 Å². The fourth-order valence-electron chi connectivity index (χ4n) is 3.43. The van der Waals surface area contributed by atoms with Crippen LogP contribution in [-0.2, 0) is 11.4 Å². The maximum atomic E-state index is 12.9. The minimum atomic E-state index is -1.06. The van der Waals surface area contributed by atoms with Crippen LogP contribution in [0.2, 0.25) is 0 Å². The molecule has 0 saturated carbocycles. The van der Waals surface area contributed by atoms with E-state index in [1.54, 1.807) is 0 Å². The van der Waals surface area contributed by atoms with Crippen molar-refractivity contribution in [3.8, 4) is 11.5 Å². The average molecular weight is 520 g/mol. The van der Waals surface area contributed by atoms with Crippen LogP contribution in [0, 0.1) is 10.1 Å². The first kappa shape index (κ1) is 25.5. The number of nitrogens with zero attached hydrogens (tertiary/aromatic N) is 3. The second kappa shape index (κ2) is 11.0.